The summed E-state index contributed by atoms with van der Waals surface area (Å²) in [5.74, 6) is 0. The van der Waals surface area contributed by atoms with Crippen LogP contribution in [0.15, 0.2) is 0 Å². The molecule has 0 aromatic heterocycles. The molecule has 0 saturated carbocycles. The summed E-state index contributed by atoms with van der Waals surface area (Å²) in [5.41, 5.74) is 0. The lowest BCUT2D eigenvalue weighted by molar-refractivity contribution is -0.00575. The van der Waals surface area contributed by atoms with Crippen LogP contribution in [-0.2, 0) is 13.8 Å². The van der Waals surface area contributed by atoms with Gasteiger partial charge >= 0.3 is 7.82 Å². The van der Waals surface area contributed by atoms with Crippen LogP contribution in [0.2, 0.25) is 0 Å². The van der Waals surface area contributed by atoms with Crippen molar-refractivity contribution in [2.45, 2.75) is 24.4 Å². The van der Waals surface area contributed by atoms with E-state index in [1.165, 1.54) is 7.85 Å². The van der Waals surface area contributed by atoms with Crippen molar-refractivity contribution in [3.63, 3.8) is 0 Å². The number of phosphoric ester groups is 1. The van der Waals surface area contributed by atoms with Gasteiger partial charge in [0.25, 0.3) is 0 Å². The van der Waals surface area contributed by atoms with E-state index in [4.69, 9.17) is 14.5 Å². The van der Waals surface area contributed by atoms with Crippen LogP contribution < -0.4 is 0 Å². The SMILES string of the molecule is B[C@@H]1OC(COP(=O)(O)O)[C@@H](O)[C@H]1F. The molecule has 1 aliphatic rings. The van der Waals surface area contributed by atoms with Gasteiger partial charge < -0.3 is 19.6 Å². The molecule has 0 radical (unpaired) electrons. The van der Waals surface area contributed by atoms with Crippen LogP contribution in [0.5, 0.6) is 0 Å². The standard InChI is InChI=1S/C5H11BFO6P/c6-5-3(7)4(8)2(13-5)1-12-14(9,10)11/h2-5,8H,1,6H2,(H2,9,10,11)/t2?,3-,4-,5-/m1/s1. The first-order chi connectivity index (χ1) is 6.31. The first kappa shape index (κ1) is 12.1. The molecule has 9 heteroatoms. The fourth-order valence-corrected chi connectivity index (χ4v) is 1.56. The summed E-state index contributed by atoms with van der Waals surface area (Å²) < 4.78 is 32.2. The lowest BCUT2D eigenvalue weighted by Gasteiger charge is -2.14. The third-order valence-electron chi connectivity index (χ3n) is 1.95. The van der Waals surface area contributed by atoms with Crippen molar-refractivity contribution >= 4 is 15.7 Å². The van der Waals surface area contributed by atoms with Gasteiger partial charge in [-0.1, -0.05) is 0 Å². The van der Waals surface area contributed by atoms with Gasteiger partial charge in [-0.25, -0.2) is 8.96 Å². The molecule has 6 nitrogen and oxygen atoms in total. The highest BCUT2D eigenvalue weighted by molar-refractivity contribution is 7.46. The highest BCUT2D eigenvalue weighted by atomic mass is 31.2. The fourth-order valence-electron chi connectivity index (χ4n) is 1.22. The van der Waals surface area contributed by atoms with Gasteiger partial charge in [-0.2, -0.15) is 0 Å². The molecule has 1 fully saturated rings. The number of rotatable bonds is 3. The van der Waals surface area contributed by atoms with Crippen LogP contribution in [0.25, 0.3) is 0 Å². The van der Waals surface area contributed by atoms with Crippen molar-refractivity contribution in [3.8, 4) is 0 Å². The first-order valence-corrected chi connectivity index (χ1v) is 5.52. The molecule has 14 heavy (non-hydrogen) atoms. The Morgan fingerprint density at radius 1 is 1.57 bits per heavy atom. The van der Waals surface area contributed by atoms with Gasteiger partial charge in [0, 0.05) is 0 Å². The summed E-state index contributed by atoms with van der Waals surface area (Å²) in [7, 11) is -3.18. The van der Waals surface area contributed by atoms with Crippen molar-refractivity contribution < 1.29 is 33.1 Å². The smallest absolute Gasteiger partial charge is 0.387 e. The highest BCUT2D eigenvalue weighted by Crippen LogP contribution is 2.37. The van der Waals surface area contributed by atoms with Crippen molar-refractivity contribution in [1.29, 1.82) is 0 Å². The number of ether oxygens (including phenoxy) is 1. The third-order valence-corrected chi connectivity index (χ3v) is 2.44. The monoisotopic (exact) mass is 228 g/mol. The van der Waals surface area contributed by atoms with Crippen LogP contribution in [0.1, 0.15) is 0 Å². The summed E-state index contributed by atoms with van der Waals surface area (Å²) in [6, 6.07) is -0.796. The molecule has 0 aromatic carbocycles. The van der Waals surface area contributed by atoms with Crippen molar-refractivity contribution in [2.24, 2.45) is 0 Å². The van der Waals surface area contributed by atoms with Gasteiger partial charge in [-0.15, -0.1) is 0 Å². The molecule has 0 aliphatic carbocycles. The highest BCUT2D eigenvalue weighted by Gasteiger charge is 2.42. The average Bonchev–Trinajstić information content (AvgIpc) is 2.28. The second-order valence-corrected chi connectivity index (χ2v) is 4.34. The van der Waals surface area contributed by atoms with E-state index in [2.05, 4.69) is 4.52 Å². The lowest BCUT2D eigenvalue weighted by atomic mass is 9.94. The number of phosphoric acid groups is 1. The minimum absolute atomic E-state index is 0.532. The van der Waals surface area contributed by atoms with Gasteiger partial charge in [-0.3, -0.25) is 4.52 Å². The summed E-state index contributed by atoms with van der Waals surface area (Å²) >= 11 is 0. The Morgan fingerprint density at radius 3 is 2.50 bits per heavy atom. The molecular formula is C5H11BFO6P. The number of halogens is 1. The average molecular weight is 228 g/mol. The molecule has 0 spiro atoms. The Kier molecular flexibility index (Phi) is 3.68. The number of hydrogen-bond acceptors (Lipinski definition) is 4. The molecule has 82 valence electrons. The van der Waals surface area contributed by atoms with E-state index < -0.39 is 38.8 Å². The quantitative estimate of drug-likeness (QED) is 0.387. The number of aliphatic hydroxyl groups is 1. The van der Waals surface area contributed by atoms with Crippen molar-refractivity contribution in [2.75, 3.05) is 6.61 Å². The van der Waals surface area contributed by atoms with Gasteiger partial charge in [0.05, 0.1) is 12.6 Å². The van der Waals surface area contributed by atoms with Crippen LogP contribution >= 0.6 is 7.82 Å². The van der Waals surface area contributed by atoms with Gasteiger partial charge in [0.1, 0.15) is 26.2 Å². The predicted octanol–water partition coefficient (Wildman–Crippen LogP) is -1.85. The predicted molar refractivity (Wildman–Crippen MR) is 46.1 cm³/mol. The summed E-state index contributed by atoms with van der Waals surface area (Å²) in [4.78, 5) is 16.7. The molecule has 0 aromatic rings. The Labute approximate surface area is 80.7 Å². The molecule has 1 heterocycles. The van der Waals surface area contributed by atoms with E-state index in [0.717, 1.165) is 0 Å². The first-order valence-electron chi connectivity index (χ1n) is 3.99. The molecule has 1 aliphatic heterocycles. The largest absolute Gasteiger partial charge is 0.469 e. The molecule has 3 N–H and O–H groups in total. The second kappa shape index (κ2) is 4.26. The molecule has 1 rings (SSSR count). The van der Waals surface area contributed by atoms with E-state index in [1.54, 1.807) is 0 Å². The molecule has 4 atom stereocenters. The van der Waals surface area contributed by atoms with Crippen LogP contribution in [0.4, 0.5) is 4.39 Å². The molecule has 1 unspecified atom stereocenters. The summed E-state index contributed by atoms with van der Waals surface area (Å²) in [6.07, 6.45) is -4.00. The second-order valence-electron chi connectivity index (χ2n) is 3.10. The van der Waals surface area contributed by atoms with E-state index in [-0.39, 0.29) is 0 Å². The van der Waals surface area contributed by atoms with Gasteiger partial charge in [0.15, 0.2) is 0 Å². The zero-order chi connectivity index (χ0) is 10.9. The maximum atomic E-state index is 13.0. The Morgan fingerprint density at radius 2 is 2.14 bits per heavy atom. The van der Waals surface area contributed by atoms with Gasteiger partial charge in [0.2, 0.25) is 0 Å². The summed E-state index contributed by atoms with van der Waals surface area (Å²) in [5, 5.41) is 9.19. The van der Waals surface area contributed by atoms with E-state index in [0.29, 0.717) is 0 Å². The van der Waals surface area contributed by atoms with Crippen LogP contribution in [-0.4, -0.2) is 53.7 Å². The minimum atomic E-state index is -4.60. The van der Waals surface area contributed by atoms with Crippen molar-refractivity contribution in [3.05, 3.63) is 0 Å². The van der Waals surface area contributed by atoms with E-state index in [9.17, 15) is 14.1 Å². The lowest BCUT2D eigenvalue weighted by Crippen LogP contribution is -2.31. The Balaban J connectivity index is 2.44. The zero-order valence-electron chi connectivity index (χ0n) is 7.41. The number of aliphatic hydroxyl groups excluding tert-OH is 1. The van der Waals surface area contributed by atoms with E-state index in [1.807, 2.05) is 0 Å². The minimum Gasteiger partial charge on any atom is -0.387 e. The fraction of sp³-hybridized carbons (Fsp3) is 1.00. The van der Waals surface area contributed by atoms with Gasteiger partial charge in [-0.05, 0) is 0 Å². The van der Waals surface area contributed by atoms with E-state index >= 15 is 0 Å². The van der Waals surface area contributed by atoms with Crippen LogP contribution in [0.3, 0.4) is 0 Å². The Bertz CT molecular complexity index is 246. The molecule has 0 amide bonds. The molecule has 0 bridgehead atoms. The topological polar surface area (TPSA) is 96.2 Å². The number of alkyl halides is 1. The third kappa shape index (κ3) is 3.01. The maximum Gasteiger partial charge on any atom is 0.469 e. The zero-order valence-corrected chi connectivity index (χ0v) is 8.30. The molecule has 1 saturated heterocycles. The number of hydrogen-bond donors (Lipinski definition) is 3. The van der Waals surface area contributed by atoms with Crippen LogP contribution in [0, 0.1) is 0 Å². The van der Waals surface area contributed by atoms with Crippen molar-refractivity contribution in [1.82, 2.24) is 0 Å². The normalized spacial score (nSPS) is 38.9. The Hall–Kier alpha value is 0.0249. The molecular weight excluding hydrogens is 217 g/mol. The maximum absolute atomic E-state index is 13.0. The summed E-state index contributed by atoms with van der Waals surface area (Å²) in [6.45, 7) is -0.532.